The van der Waals surface area contributed by atoms with Crippen LogP contribution in [0.5, 0.6) is 0 Å². The highest BCUT2D eigenvalue weighted by molar-refractivity contribution is 6.24. The molecule has 1 radical (unpaired) electrons. The second kappa shape index (κ2) is 3.18. The van der Waals surface area contributed by atoms with Crippen LogP contribution in [0.4, 0.5) is 0 Å². The Labute approximate surface area is 28.6 Å². The molecule has 4 heavy (non-hydrogen) atoms. The summed E-state index contributed by atoms with van der Waals surface area (Å²) in [7, 11) is -0.826. The lowest BCUT2D eigenvalue weighted by Gasteiger charge is -1.62. The molecule has 0 aliphatic carbocycles. The van der Waals surface area contributed by atoms with E-state index < -0.39 is 9.76 Å². The first-order valence-corrected chi connectivity index (χ1v) is 3.07. The van der Waals surface area contributed by atoms with Crippen LogP contribution in [0.3, 0.4) is 0 Å². The first-order chi connectivity index (χ1) is 1.91. The predicted octanol–water partition coefficient (Wildman–Crippen LogP) is -0.0611. The second-order valence-electron chi connectivity index (χ2n) is 0.704. The summed E-state index contributed by atoms with van der Waals surface area (Å²) in [6, 6.07) is 0.903. The smallest absolute Gasteiger partial charge is 0.206 e. The molecule has 0 fully saturated rings. The molecule has 0 aliphatic heterocycles. The van der Waals surface area contributed by atoms with Crippen LogP contribution in [0, 0.1) is 0 Å². The highest BCUT2D eigenvalue weighted by Crippen LogP contribution is 1.61. The minimum absolute atomic E-state index is 0.826. The van der Waals surface area contributed by atoms with E-state index in [9.17, 15) is 4.80 Å². The lowest BCUT2D eigenvalue weighted by molar-refractivity contribution is 0.474. The van der Waals surface area contributed by atoms with Crippen LogP contribution >= 0.6 is 0 Å². The van der Waals surface area contributed by atoms with Crippen LogP contribution < -0.4 is 0 Å². The van der Waals surface area contributed by atoms with Gasteiger partial charge in [-0.15, -0.1) is 0 Å². The molecule has 0 aliphatic rings. The molecule has 0 atom stereocenters. The molecule has 2 heteroatoms. The van der Waals surface area contributed by atoms with E-state index in [-0.39, 0.29) is 0 Å². The molecule has 0 spiro atoms. The van der Waals surface area contributed by atoms with Crippen LogP contribution in [0.2, 0.25) is 6.04 Å². The van der Waals surface area contributed by atoms with Gasteiger partial charge in [0.1, 0.15) is 0 Å². The first kappa shape index (κ1) is 4.18. The monoisotopic (exact) mass is 75.0 g/mol. The van der Waals surface area contributed by atoms with Gasteiger partial charge < -0.3 is 4.80 Å². The molecule has 25 valence electrons. The van der Waals surface area contributed by atoms with Gasteiger partial charge >= 0.3 is 0 Å². The van der Waals surface area contributed by atoms with E-state index in [4.69, 9.17) is 0 Å². The third-order valence-corrected chi connectivity index (χ3v) is 0.612. The molecule has 0 bridgehead atoms. The van der Waals surface area contributed by atoms with E-state index in [1.54, 1.807) is 0 Å². The summed E-state index contributed by atoms with van der Waals surface area (Å²) in [4.78, 5) is 9.44. The molecule has 0 saturated carbocycles. The van der Waals surface area contributed by atoms with Gasteiger partial charge in [0.15, 0.2) is 0 Å². The quantitative estimate of drug-likeness (QED) is 0.389. The molecule has 0 amide bonds. The Morgan fingerprint density at radius 3 is 2.25 bits per heavy atom. The molecular formula is C2H7OSi. The fraction of sp³-hybridized carbons (Fsp3) is 1.00. The minimum Gasteiger partial charge on any atom is -0.306 e. The van der Waals surface area contributed by atoms with Crippen LogP contribution in [0.1, 0.15) is 6.92 Å². The van der Waals surface area contributed by atoms with Crippen molar-refractivity contribution in [1.82, 2.24) is 0 Å². The van der Waals surface area contributed by atoms with Crippen molar-refractivity contribution in [2.45, 2.75) is 13.0 Å². The molecule has 0 heterocycles. The van der Waals surface area contributed by atoms with Crippen molar-refractivity contribution in [2.24, 2.45) is 0 Å². The lowest BCUT2D eigenvalue weighted by Crippen LogP contribution is -1.72. The average Bonchev–Trinajstić information content (AvgIpc) is 1.37. The number of hydrogen-bond acceptors (Lipinski definition) is 0. The Bertz CT molecular complexity index is 8.00. The first-order valence-electron chi connectivity index (χ1n) is 1.50. The summed E-state index contributed by atoms with van der Waals surface area (Å²) in [6.45, 7) is 1.93. The van der Waals surface area contributed by atoms with Crippen molar-refractivity contribution >= 4 is 9.76 Å². The van der Waals surface area contributed by atoms with Gasteiger partial charge in [0.05, 0.1) is 0 Å². The maximum atomic E-state index is 9.44. The van der Waals surface area contributed by atoms with E-state index in [1.165, 1.54) is 0 Å². The Morgan fingerprint density at radius 1 is 2.00 bits per heavy atom. The summed E-state index contributed by atoms with van der Waals surface area (Å²) in [5.74, 6) is 0. The molecule has 0 unspecified atom stereocenters. The molecule has 0 aromatic rings. The SMILES string of the molecule is CC[SiH2][O]. The van der Waals surface area contributed by atoms with E-state index >= 15 is 0 Å². The maximum absolute atomic E-state index is 9.44. The predicted molar refractivity (Wildman–Crippen MR) is 19.7 cm³/mol. The average molecular weight is 75.2 g/mol. The molecule has 0 N–H and O–H groups in total. The zero-order valence-electron chi connectivity index (χ0n) is 2.82. The maximum Gasteiger partial charge on any atom is 0.206 e. The molecule has 1 nitrogen and oxygen atoms in total. The number of hydrogen-bond donors (Lipinski definition) is 0. The summed E-state index contributed by atoms with van der Waals surface area (Å²) in [6.07, 6.45) is 0. The highest BCUT2D eigenvalue weighted by atomic mass is 28.2. The van der Waals surface area contributed by atoms with Crippen molar-refractivity contribution in [2.75, 3.05) is 0 Å². The minimum atomic E-state index is -0.826. The van der Waals surface area contributed by atoms with Crippen molar-refractivity contribution in [1.29, 1.82) is 0 Å². The van der Waals surface area contributed by atoms with Crippen LogP contribution in [0.15, 0.2) is 0 Å². The highest BCUT2D eigenvalue weighted by Gasteiger charge is 1.64. The fourth-order valence-corrected chi connectivity index (χ4v) is 0. The Balaban J connectivity index is 1.97. The molecule has 0 rings (SSSR count). The zero-order valence-corrected chi connectivity index (χ0v) is 4.24. The normalized spacial score (nSPS) is 10.5. The molecular weight excluding hydrogens is 68.1 g/mol. The van der Waals surface area contributed by atoms with Crippen molar-refractivity contribution in [3.8, 4) is 0 Å². The van der Waals surface area contributed by atoms with Gasteiger partial charge in [-0.25, -0.2) is 0 Å². The van der Waals surface area contributed by atoms with Crippen LogP contribution in [-0.2, 0) is 4.80 Å². The standard InChI is InChI=1S/C2H7OSi/c1-2-4-3/h2,4H2,1H3. The van der Waals surface area contributed by atoms with Gasteiger partial charge in [-0.05, 0) is 6.04 Å². The summed E-state index contributed by atoms with van der Waals surface area (Å²) >= 11 is 0. The molecule has 0 aromatic carbocycles. The largest absolute Gasteiger partial charge is 0.306 e. The van der Waals surface area contributed by atoms with Gasteiger partial charge in [0.2, 0.25) is 9.76 Å². The Hall–Kier alpha value is 0.177. The van der Waals surface area contributed by atoms with Crippen molar-refractivity contribution in [3.63, 3.8) is 0 Å². The number of rotatable bonds is 1. The third kappa shape index (κ3) is 2.18. The fourth-order valence-electron chi connectivity index (χ4n) is 0. The Morgan fingerprint density at radius 2 is 2.25 bits per heavy atom. The van der Waals surface area contributed by atoms with Crippen molar-refractivity contribution in [3.05, 3.63) is 0 Å². The van der Waals surface area contributed by atoms with Gasteiger partial charge in [-0.2, -0.15) is 0 Å². The second-order valence-corrected chi connectivity index (χ2v) is 2.11. The third-order valence-electron chi connectivity index (χ3n) is 0.204. The van der Waals surface area contributed by atoms with Crippen LogP contribution in [0.25, 0.3) is 0 Å². The van der Waals surface area contributed by atoms with E-state index in [0.717, 1.165) is 6.04 Å². The lowest BCUT2D eigenvalue weighted by atomic mass is 11.0. The molecule has 0 saturated heterocycles. The summed E-state index contributed by atoms with van der Waals surface area (Å²) in [5, 5.41) is 0. The van der Waals surface area contributed by atoms with E-state index in [2.05, 4.69) is 0 Å². The Kier molecular flexibility index (Phi) is 3.32. The summed E-state index contributed by atoms with van der Waals surface area (Å²) in [5.41, 5.74) is 0. The zero-order chi connectivity index (χ0) is 3.41. The van der Waals surface area contributed by atoms with Crippen molar-refractivity contribution < 1.29 is 4.80 Å². The van der Waals surface area contributed by atoms with E-state index in [1.807, 2.05) is 6.92 Å². The van der Waals surface area contributed by atoms with Gasteiger partial charge in [-0.3, -0.25) is 0 Å². The summed E-state index contributed by atoms with van der Waals surface area (Å²) < 4.78 is 0. The van der Waals surface area contributed by atoms with Gasteiger partial charge in [0, 0.05) is 0 Å². The molecule has 0 aromatic heterocycles. The van der Waals surface area contributed by atoms with E-state index in [0.29, 0.717) is 0 Å². The van der Waals surface area contributed by atoms with Gasteiger partial charge in [0.25, 0.3) is 0 Å². The topological polar surface area (TPSA) is 19.9 Å². The van der Waals surface area contributed by atoms with Gasteiger partial charge in [-0.1, -0.05) is 6.92 Å². The van der Waals surface area contributed by atoms with Crippen LogP contribution in [-0.4, -0.2) is 9.76 Å².